The van der Waals surface area contributed by atoms with E-state index in [-0.39, 0.29) is 5.56 Å². The van der Waals surface area contributed by atoms with E-state index in [9.17, 15) is 4.79 Å². The molecule has 1 N–H and O–H groups in total. The van der Waals surface area contributed by atoms with Crippen molar-refractivity contribution in [3.8, 4) is 0 Å². The summed E-state index contributed by atoms with van der Waals surface area (Å²) in [5.74, 6) is 0. The third-order valence-electron chi connectivity index (χ3n) is 3.15. The van der Waals surface area contributed by atoms with Crippen LogP contribution in [0.5, 0.6) is 0 Å². The van der Waals surface area contributed by atoms with Gasteiger partial charge in [-0.15, -0.1) is 0 Å². The van der Waals surface area contributed by atoms with E-state index in [1.165, 1.54) is 0 Å². The zero-order valence-electron chi connectivity index (χ0n) is 10.6. The molecule has 2 unspecified atom stereocenters. The van der Waals surface area contributed by atoms with Gasteiger partial charge in [0.1, 0.15) is 0 Å². The van der Waals surface area contributed by atoms with Crippen LogP contribution in [0.2, 0.25) is 0 Å². The second-order valence-corrected chi connectivity index (χ2v) is 4.94. The summed E-state index contributed by atoms with van der Waals surface area (Å²) in [7, 11) is 1.77. The minimum atomic E-state index is 0.0178. The largest absolute Gasteiger partial charge is 0.381 e. The van der Waals surface area contributed by atoms with Crippen LogP contribution in [0.3, 0.4) is 0 Å². The number of hydrogen-bond donors (Lipinski definition) is 1. The van der Waals surface area contributed by atoms with Crippen LogP contribution >= 0.6 is 0 Å². The highest BCUT2D eigenvalue weighted by Gasteiger charge is 2.24. The number of hydrogen-bond acceptors (Lipinski definition) is 3. The van der Waals surface area contributed by atoms with Gasteiger partial charge in [-0.2, -0.15) is 0 Å². The molecular weight excluding hydrogens is 216 g/mol. The van der Waals surface area contributed by atoms with Crippen LogP contribution in [0.4, 0.5) is 5.69 Å². The highest BCUT2D eigenvalue weighted by Crippen LogP contribution is 2.22. The molecule has 2 heterocycles. The van der Waals surface area contributed by atoms with Crippen molar-refractivity contribution >= 4 is 5.69 Å². The Morgan fingerprint density at radius 2 is 1.94 bits per heavy atom. The Morgan fingerprint density at radius 3 is 2.53 bits per heavy atom. The molecule has 1 aromatic heterocycles. The topological polar surface area (TPSA) is 43.3 Å². The molecule has 0 bridgehead atoms. The molecule has 0 aromatic carbocycles. The second-order valence-electron chi connectivity index (χ2n) is 4.94. The van der Waals surface area contributed by atoms with E-state index in [1.54, 1.807) is 17.7 Å². The van der Waals surface area contributed by atoms with E-state index in [0.717, 1.165) is 18.5 Å². The molecular formula is C13H20N2O2. The molecule has 0 aliphatic carbocycles. The molecule has 94 valence electrons. The summed E-state index contributed by atoms with van der Waals surface area (Å²) in [4.78, 5) is 11.3. The Morgan fingerprint density at radius 1 is 1.29 bits per heavy atom. The molecule has 0 spiro atoms. The Hall–Kier alpha value is -1.29. The predicted molar refractivity (Wildman–Crippen MR) is 68.3 cm³/mol. The number of pyridine rings is 1. The van der Waals surface area contributed by atoms with Crippen molar-refractivity contribution in [3.63, 3.8) is 0 Å². The summed E-state index contributed by atoms with van der Waals surface area (Å²) >= 11 is 0. The molecule has 0 saturated carbocycles. The number of nitrogens with zero attached hydrogens (tertiary/aromatic N) is 1. The van der Waals surface area contributed by atoms with Crippen LogP contribution in [-0.4, -0.2) is 22.8 Å². The fourth-order valence-corrected chi connectivity index (χ4v) is 2.44. The molecule has 2 rings (SSSR count). The lowest BCUT2D eigenvalue weighted by molar-refractivity contribution is -0.0337. The van der Waals surface area contributed by atoms with Crippen molar-refractivity contribution in [2.75, 3.05) is 5.32 Å². The number of aryl methyl sites for hydroxylation is 1. The summed E-state index contributed by atoms with van der Waals surface area (Å²) in [5.41, 5.74) is 1.02. The van der Waals surface area contributed by atoms with E-state index in [0.29, 0.717) is 18.2 Å². The van der Waals surface area contributed by atoms with Crippen molar-refractivity contribution in [2.45, 2.75) is 44.9 Å². The van der Waals surface area contributed by atoms with E-state index in [1.807, 2.05) is 12.3 Å². The maximum atomic E-state index is 11.3. The molecule has 2 atom stereocenters. The summed E-state index contributed by atoms with van der Waals surface area (Å²) in [6.45, 7) is 4.20. The molecule has 1 aliphatic rings. The van der Waals surface area contributed by atoms with Gasteiger partial charge in [0.2, 0.25) is 5.56 Å². The molecule has 4 nitrogen and oxygen atoms in total. The highest BCUT2D eigenvalue weighted by atomic mass is 16.5. The summed E-state index contributed by atoms with van der Waals surface area (Å²) < 4.78 is 7.29. The van der Waals surface area contributed by atoms with Gasteiger partial charge in [0.25, 0.3) is 0 Å². The number of anilines is 1. The van der Waals surface area contributed by atoms with Crippen LogP contribution in [0, 0.1) is 0 Å². The smallest absolute Gasteiger partial charge is 0.250 e. The first-order chi connectivity index (χ1) is 8.04. The van der Waals surface area contributed by atoms with Gasteiger partial charge in [-0.1, -0.05) is 0 Å². The van der Waals surface area contributed by atoms with Crippen molar-refractivity contribution < 1.29 is 4.74 Å². The highest BCUT2D eigenvalue weighted by molar-refractivity contribution is 5.41. The van der Waals surface area contributed by atoms with Crippen LogP contribution in [0.15, 0.2) is 23.1 Å². The molecule has 1 aromatic rings. The average Bonchev–Trinajstić information content (AvgIpc) is 2.22. The first-order valence-corrected chi connectivity index (χ1v) is 6.13. The Labute approximate surface area is 102 Å². The lowest BCUT2D eigenvalue weighted by atomic mass is 10.00. The normalized spacial score (nSPS) is 29.0. The fraction of sp³-hybridized carbons (Fsp3) is 0.615. The Balaban J connectivity index is 2.04. The van der Waals surface area contributed by atoms with Gasteiger partial charge in [-0.25, -0.2) is 0 Å². The van der Waals surface area contributed by atoms with Gasteiger partial charge in [0.05, 0.1) is 17.9 Å². The first-order valence-electron chi connectivity index (χ1n) is 6.13. The Kier molecular flexibility index (Phi) is 3.52. The number of nitrogens with one attached hydrogen (secondary N) is 1. The monoisotopic (exact) mass is 236 g/mol. The number of ether oxygens (including phenoxy) is 1. The SMILES string of the molecule is CC1CC(Nc2ccc(=O)n(C)c2)CC(C)O1. The zero-order valence-corrected chi connectivity index (χ0v) is 10.6. The lowest BCUT2D eigenvalue weighted by Crippen LogP contribution is -2.37. The van der Waals surface area contributed by atoms with Gasteiger partial charge in [0, 0.05) is 25.4 Å². The molecule has 4 heteroatoms. The van der Waals surface area contributed by atoms with Crippen molar-refractivity contribution in [3.05, 3.63) is 28.7 Å². The van der Waals surface area contributed by atoms with E-state index in [2.05, 4.69) is 19.2 Å². The molecule has 1 saturated heterocycles. The molecule has 1 fully saturated rings. The third-order valence-corrected chi connectivity index (χ3v) is 3.15. The van der Waals surface area contributed by atoms with Crippen molar-refractivity contribution in [2.24, 2.45) is 7.05 Å². The number of rotatable bonds is 2. The van der Waals surface area contributed by atoms with Crippen molar-refractivity contribution in [1.29, 1.82) is 0 Å². The van der Waals surface area contributed by atoms with Gasteiger partial charge >= 0.3 is 0 Å². The third kappa shape index (κ3) is 3.09. The van der Waals surface area contributed by atoms with Crippen LogP contribution in [-0.2, 0) is 11.8 Å². The molecule has 0 amide bonds. The summed E-state index contributed by atoms with van der Waals surface area (Å²) in [6, 6.07) is 3.85. The summed E-state index contributed by atoms with van der Waals surface area (Å²) in [5, 5.41) is 3.47. The van der Waals surface area contributed by atoms with E-state index < -0.39 is 0 Å². The molecule has 1 aliphatic heterocycles. The Bertz CT molecular complexity index is 431. The quantitative estimate of drug-likeness (QED) is 0.850. The summed E-state index contributed by atoms with van der Waals surface area (Å²) in [6.07, 6.45) is 4.44. The van der Waals surface area contributed by atoms with E-state index in [4.69, 9.17) is 4.74 Å². The maximum Gasteiger partial charge on any atom is 0.250 e. The lowest BCUT2D eigenvalue weighted by Gasteiger charge is -2.33. The van der Waals surface area contributed by atoms with Gasteiger partial charge in [0.15, 0.2) is 0 Å². The van der Waals surface area contributed by atoms with Crippen LogP contribution < -0.4 is 10.9 Å². The van der Waals surface area contributed by atoms with Crippen molar-refractivity contribution in [1.82, 2.24) is 4.57 Å². The van der Waals surface area contributed by atoms with Gasteiger partial charge < -0.3 is 14.6 Å². The van der Waals surface area contributed by atoms with Gasteiger partial charge in [-0.05, 0) is 32.8 Å². The molecule has 0 radical (unpaired) electrons. The zero-order chi connectivity index (χ0) is 12.4. The average molecular weight is 236 g/mol. The minimum Gasteiger partial charge on any atom is -0.381 e. The minimum absolute atomic E-state index is 0.0178. The fourth-order valence-electron chi connectivity index (χ4n) is 2.44. The van der Waals surface area contributed by atoms with E-state index >= 15 is 0 Å². The number of aromatic nitrogens is 1. The van der Waals surface area contributed by atoms with Gasteiger partial charge in [-0.3, -0.25) is 4.79 Å². The second kappa shape index (κ2) is 4.92. The van der Waals surface area contributed by atoms with Crippen LogP contribution in [0.1, 0.15) is 26.7 Å². The standard InChI is InChI=1S/C13H20N2O2/c1-9-6-12(7-10(2)17-9)14-11-4-5-13(16)15(3)8-11/h4-5,8-10,12,14H,6-7H2,1-3H3. The molecule has 17 heavy (non-hydrogen) atoms. The first kappa shape index (κ1) is 12.2. The van der Waals surface area contributed by atoms with Crippen LogP contribution in [0.25, 0.3) is 0 Å². The predicted octanol–water partition coefficient (Wildman–Crippen LogP) is 1.75. The maximum absolute atomic E-state index is 11.3.